The predicted octanol–water partition coefficient (Wildman–Crippen LogP) is 4.68. The number of nitriles is 1. The van der Waals surface area contributed by atoms with Crippen LogP contribution in [0, 0.1) is 11.3 Å². The number of carbonyl (C=O) groups is 1. The first-order valence-corrected chi connectivity index (χ1v) is 7.32. The van der Waals surface area contributed by atoms with Gasteiger partial charge in [-0.1, -0.05) is 47.5 Å². The van der Waals surface area contributed by atoms with Crippen molar-refractivity contribution in [2.45, 2.75) is 6.04 Å². The van der Waals surface area contributed by atoms with Crippen molar-refractivity contribution in [1.29, 1.82) is 5.26 Å². The highest BCUT2D eigenvalue weighted by Crippen LogP contribution is 2.32. The minimum Gasteiger partial charge on any atom is -0.294 e. The molecule has 0 saturated carbocycles. The highest BCUT2D eigenvalue weighted by Gasteiger charge is 2.28. The normalized spacial score (nSPS) is 16.0. The second kappa shape index (κ2) is 5.84. The molecule has 0 bridgehead atoms. The summed E-state index contributed by atoms with van der Waals surface area (Å²) >= 11 is 11.8. The SMILES string of the molecule is N#CC1c2ccccc2C=CN1C(=O)c1ccc(Cl)c(Cl)c1. The van der Waals surface area contributed by atoms with Crippen LogP contribution in [-0.4, -0.2) is 10.8 Å². The molecule has 2 aromatic rings. The molecule has 0 spiro atoms. The first kappa shape index (κ1) is 14.6. The van der Waals surface area contributed by atoms with Gasteiger partial charge in [-0.15, -0.1) is 0 Å². The number of amides is 1. The Balaban J connectivity index is 2.00. The van der Waals surface area contributed by atoms with Gasteiger partial charge in [-0.25, -0.2) is 0 Å². The molecule has 108 valence electrons. The van der Waals surface area contributed by atoms with Crippen molar-refractivity contribution in [2.75, 3.05) is 0 Å². The van der Waals surface area contributed by atoms with Crippen molar-refractivity contribution in [3.63, 3.8) is 0 Å². The lowest BCUT2D eigenvalue weighted by Gasteiger charge is -2.28. The fourth-order valence-corrected chi connectivity index (χ4v) is 2.70. The van der Waals surface area contributed by atoms with Crippen LogP contribution in [0.4, 0.5) is 0 Å². The number of rotatable bonds is 1. The van der Waals surface area contributed by atoms with E-state index in [1.807, 2.05) is 30.3 Å². The number of nitrogens with zero attached hydrogens (tertiary/aromatic N) is 2. The second-order valence-corrected chi connectivity index (χ2v) is 5.63. The Morgan fingerprint density at radius 3 is 2.64 bits per heavy atom. The Labute approximate surface area is 138 Å². The molecule has 2 aromatic carbocycles. The molecule has 3 rings (SSSR count). The van der Waals surface area contributed by atoms with E-state index in [2.05, 4.69) is 6.07 Å². The topological polar surface area (TPSA) is 44.1 Å². The highest BCUT2D eigenvalue weighted by molar-refractivity contribution is 6.42. The van der Waals surface area contributed by atoms with E-state index in [0.717, 1.165) is 11.1 Å². The van der Waals surface area contributed by atoms with Crippen molar-refractivity contribution in [2.24, 2.45) is 0 Å². The Morgan fingerprint density at radius 1 is 1.14 bits per heavy atom. The molecular formula is C17H10Cl2N2O. The van der Waals surface area contributed by atoms with Crippen LogP contribution in [0.15, 0.2) is 48.7 Å². The average Bonchev–Trinajstić information content (AvgIpc) is 2.55. The second-order valence-electron chi connectivity index (χ2n) is 4.82. The van der Waals surface area contributed by atoms with Gasteiger partial charge >= 0.3 is 0 Å². The molecule has 0 fully saturated rings. The van der Waals surface area contributed by atoms with E-state index in [1.54, 1.807) is 18.3 Å². The fourth-order valence-electron chi connectivity index (χ4n) is 2.40. The van der Waals surface area contributed by atoms with Gasteiger partial charge in [-0.3, -0.25) is 9.69 Å². The third-order valence-corrected chi connectivity index (χ3v) is 4.25. The third-order valence-electron chi connectivity index (χ3n) is 3.51. The van der Waals surface area contributed by atoms with E-state index >= 15 is 0 Å². The maximum absolute atomic E-state index is 12.7. The Morgan fingerprint density at radius 2 is 1.91 bits per heavy atom. The molecule has 1 aliphatic heterocycles. The quantitative estimate of drug-likeness (QED) is 0.762. The molecule has 0 aliphatic carbocycles. The van der Waals surface area contributed by atoms with Gasteiger partial charge in [-0.05, 0) is 35.4 Å². The molecule has 0 radical (unpaired) electrons. The number of halogens is 2. The highest BCUT2D eigenvalue weighted by atomic mass is 35.5. The number of hydrogen-bond acceptors (Lipinski definition) is 2. The first-order chi connectivity index (χ1) is 10.6. The molecule has 1 unspecified atom stereocenters. The van der Waals surface area contributed by atoms with Gasteiger partial charge in [-0.2, -0.15) is 5.26 Å². The summed E-state index contributed by atoms with van der Waals surface area (Å²) in [6, 6.07) is 13.7. The third kappa shape index (κ3) is 2.48. The minimum absolute atomic E-state index is 0.295. The van der Waals surface area contributed by atoms with Crippen LogP contribution in [0.25, 0.3) is 6.08 Å². The Hall–Kier alpha value is -2.28. The molecular weight excluding hydrogens is 319 g/mol. The van der Waals surface area contributed by atoms with Gasteiger partial charge in [0.05, 0.1) is 16.1 Å². The Kier molecular flexibility index (Phi) is 3.89. The fraction of sp³-hybridized carbons (Fsp3) is 0.0588. The predicted molar refractivity (Wildman–Crippen MR) is 86.5 cm³/mol. The van der Waals surface area contributed by atoms with Crippen molar-refractivity contribution < 1.29 is 4.79 Å². The Bertz CT molecular complexity index is 824. The molecule has 1 atom stereocenters. The van der Waals surface area contributed by atoms with Gasteiger partial charge in [0.1, 0.15) is 6.04 Å². The average molecular weight is 329 g/mol. The summed E-state index contributed by atoms with van der Waals surface area (Å²) in [5, 5.41) is 10.2. The molecule has 3 nitrogen and oxygen atoms in total. The van der Waals surface area contributed by atoms with Crippen LogP contribution in [0.5, 0.6) is 0 Å². The molecule has 22 heavy (non-hydrogen) atoms. The molecule has 5 heteroatoms. The van der Waals surface area contributed by atoms with Crippen LogP contribution in [0.3, 0.4) is 0 Å². The molecule has 0 aromatic heterocycles. The van der Waals surface area contributed by atoms with Crippen molar-refractivity contribution in [3.8, 4) is 6.07 Å². The van der Waals surface area contributed by atoms with Gasteiger partial charge < -0.3 is 0 Å². The lowest BCUT2D eigenvalue weighted by atomic mass is 9.96. The van der Waals surface area contributed by atoms with Gasteiger partial charge in [0, 0.05) is 11.8 Å². The summed E-state index contributed by atoms with van der Waals surface area (Å²) in [4.78, 5) is 14.1. The van der Waals surface area contributed by atoms with Gasteiger partial charge in [0.15, 0.2) is 0 Å². The number of hydrogen-bond donors (Lipinski definition) is 0. The van der Waals surface area contributed by atoms with Crippen molar-refractivity contribution in [1.82, 2.24) is 4.90 Å². The zero-order valence-corrected chi connectivity index (χ0v) is 12.8. The standard InChI is InChI=1S/C17H10Cl2N2O/c18-14-6-5-12(9-15(14)19)17(22)21-8-7-11-3-1-2-4-13(11)16(21)10-20/h1-9,16H. The van der Waals surface area contributed by atoms with Gasteiger partial charge in [0.2, 0.25) is 0 Å². The first-order valence-electron chi connectivity index (χ1n) is 6.56. The van der Waals surface area contributed by atoms with E-state index in [-0.39, 0.29) is 5.91 Å². The number of benzene rings is 2. The molecule has 1 heterocycles. The maximum atomic E-state index is 12.7. The lowest BCUT2D eigenvalue weighted by molar-refractivity contribution is 0.0794. The van der Waals surface area contributed by atoms with E-state index < -0.39 is 6.04 Å². The van der Waals surface area contributed by atoms with Crippen LogP contribution in [0.2, 0.25) is 10.0 Å². The lowest BCUT2D eigenvalue weighted by Crippen LogP contribution is -2.31. The van der Waals surface area contributed by atoms with E-state index in [0.29, 0.717) is 15.6 Å². The summed E-state index contributed by atoms with van der Waals surface area (Å²) in [5.41, 5.74) is 2.13. The molecule has 0 saturated heterocycles. The minimum atomic E-state index is -0.664. The summed E-state index contributed by atoms with van der Waals surface area (Å²) in [6.07, 6.45) is 3.44. The van der Waals surface area contributed by atoms with E-state index in [4.69, 9.17) is 23.2 Å². The van der Waals surface area contributed by atoms with Crippen LogP contribution < -0.4 is 0 Å². The largest absolute Gasteiger partial charge is 0.294 e. The number of carbonyl (C=O) groups excluding carboxylic acids is 1. The molecule has 1 aliphatic rings. The van der Waals surface area contributed by atoms with Crippen LogP contribution >= 0.6 is 23.2 Å². The summed E-state index contributed by atoms with van der Waals surface area (Å²) in [6.45, 7) is 0. The van der Waals surface area contributed by atoms with Crippen LogP contribution in [0.1, 0.15) is 27.5 Å². The summed E-state index contributed by atoms with van der Waals surface area (Å²) in [7, 11) is 0. The van der Waals surface area contributed by atoms with Gasteiger partial charge in [0.25, 0.3) is 5.91 Å². The van der Waals surface area contributed by atoms with Crippen LogP contribution in [-0.2, 0) is 0 Å². The van der Waals surface area contributed by atoms with Crippen molar-refractivity contribution in [3.05, 3.63) is 75.4 Å². The smallest absolute Gasteiger partial charge is 0.259 e. The zero-order chi connectivity index (χ0) is 15.7. The van der Waals surface area contributed by atoms with E-state index in [9.17, 15) is 10.1 Å². The molecule has 1 amide bonds. The summed E-state index contributed by atoms with van der Waals surface area (Å²) < 4.78 is 0. The summed E-state index contributed by atoms with van der Waals surface area (Å²) in [5.74, 6) is -0.295. The maximum Gasteiger partial charge on any atom is 0.259 e. The van der Waals surface area contributed by atoms with Crippen molar-refractivity contribution >= 4 is 35.2 Å². The van der Waals surface area contributed by atoms with E-state index in [1.165, 1.54) is 11.0 Å². The molecule has 0 N–H and O–H groups in total. The number of fused-ring (bicyclic) bond motifs is 1. The zero-order valence-electron chi connectivity index (χ0n) is 11.3. The monoisotopic (exact) mass is 328 g/mol.